The number of aromatic nitrogens is 3. The van der Waals surface area contributed by atoms with Gasteiger partial charge in [-0.2, -0.15) is 0 Å². The molecule has 1 saturated heterocycles. The van der Waals surface area contributed by atoms with Crippen LogP contribution in [0.5, 0.6) is 5.75 Å². The van der Waals surface area contributed by atoms with E-state index in [4.69, 9.17) is 4.74 Å². The van der Waals surface area contributed by atoms with E-state index in [1.54, 1.807) is 6.20 Å². The van der Waals surface area contributed by atoms with Crippen molar-refractivity contribution in [2.45, 2.75) is 39.2 Å². The van der Waals surface area contributed by atoms with Gasteiger partial charge < -0.3 is 19.5 Å². The van der Waals surface area contributed by atoms with Gasteiger partial charge in [-0.1, -0.05) is 18.6 Å². The number of aryl methyl sites for hydroxylation is 1. The fourth-order valence-corrected chi connectivity index (χ4v) is 4.65. The zero-order valence-corrected chi connectivity index (χ0v) is 20.2. The van der Waals surface area contributed by atoms with Crippen molar-refractivity contribution >= 4 is 28.5 Å². The maximum absolute atomic E-state index is 11.9. The maximum atomic E-state index is 11.9. The molecule has 0 amide bonds. The number of hydrogen-bond donors (Lipinski definition) is 1. The van der Waals surface area contributed by atoms with E-state index in [1.807, 2.05) is 37.1 Å². The van der Waals surface area contributed by atoms with E-state index in [-0.39, 0.29) is 0 Å². The summed E-state index contributed by atoms with van der Waals surface area (Å²) in [6.07, 6.45) is 6.50. The first-order chi connectivity index (χ1) is 16.1. The van der Waals surface area contributed by atoms with Gasteiger partial charge in [0.15, 0.2) is 11.1 Å². The summed E-state index contributed by atoms with van der Waals surface area (Å²) in [5, 5.41) is 3.25. The van der Waals surface area contributed by atoms with Crippen LogP contribution in [-0.2, 0) is 6.54 Å². The molecule has 1 N–H and O–H groups in total. The lowest BCUT2D eigenvalue weighted by Gasteiger charge is -2.26. The molecule has 1 aliphatic rings. The van der Waals surface area contributed by atoms with Crippen molar-refractivity contribution in [2.24, 2.45) is 0 Å². The van der Waals surface area contributed by atoms with E-state index >= 15 is 0 Å². The van der Waals surface area contributed by atoms with Crippen LogP contribution < -0.4 is 15.0 Å². The molecule has 1 unspecified atom stereocenters. The number of anilines is 3. The lowest BCUT2D eigenvalue weighted by Crippen LogP contribution is -2.29. The van der Waals surface area contributed by atoms with E-state index in [0.29, 0.717) is 24.8 Å². The number of hydrogen-bond acceptors (Lipinski definition) is 8. The van der Waals surface area contributed by atoms with Gasteiger partial charge in [-0.15, -0.1) is 0 Å². The fraction of sp³-hybridized carbons (Fsp3) is 0.458. The second kappa shape index (κ2) is 11.4. The van der Waals surface area contributed by atoms with E-state index < -0.39 is 11.1 Å². The van der Waals surface area contributed by atoms with Crippen LogP contribution in [0.25, 0.3) is 0 Å². The molecule has 2 aromatic heterocycles. The molecule has 1 fully saturated rings. The minimum atomic E-state index is -1.61. The van der Waals surface area contributed by atoms with Crippen LogP contribution in [0.1, 0.15) is 36.9 Å². The van der Waals surface area contributed by atoms with Gasteiger partial charge >= 0.3 is 0 Å². The summed E-state index contributed by atoms with van der Waals surface area (Å²) < 4.78 is 26.2. The summed E-state index contributed by atoms with van der Waals surface area (Å²) in [4.78, 5) is 8.67. The number of benzene rings is 1. The summed E-state index contributed by atoms with van der Waals surface area (Å²) in [6, 6.07) is 12.3. The number of likely N-dealkylation sites (tertiary alicyclic amines) is 1. The topological polar surface area (TPSA) is 89.5 Å². The third-order valence-corrected chi connectivity index (χ3v) is 6.45. The quantitative estimate of drug-likeness (QED) is 0.343. The van der Waals surface area contributed by atoms with Crippen molar-refractivity contribution in [3.05, 3.63) is 53.9 Å². The van der Waals surface area contributed by atoms with E-state index in [0.717, 1.165) is 30.1 Å². The second-order valence-corrected chi connectivity index (χ2v) is 9.24. The predicted molar refractivity (Wildman–Crippen MR) is 132 cm³/mol. The van der Waals surface area contributed by atoms with Gasteiger partial charge in [0, 0.05) is 34.6 Å². The summed E-state index contributed by atoms with van der Waals surface area (Å²) in [6.45, 7) is 6.52. The number of pyridine rings is 1. The third kappa shape index (κ3) is 6.63. The Kier molecular flexibility index (Phi) is 8.09. The average Bonchev–Trinajstić information content (AvgIpc) is 3.20. The van der Waals surface area contributed by atoms with Gasteiger partial charge in [0.2, 0.25) is 11.6 Å². The number of rotatable bonds is 10. The van der Waals surface area contributed by atoms with Crippen LogP contribution in [0, 0.1) is 6.92 Å². The van der Waals surface area contributed by atoms with Crippen molar-refractivity contribution in [1.29, 1.82) is 0 Å². The van der Waals surface area contributed by atoms with Crippen molar-refractivity contribution in [3.8, 4) is 5.75 Å². The third-order valence-electron chi connectivity index (χ3n) is 5.78. The summed E-state index contributed by atoms with van der Waals surface area (Å²) >= 11 is -1.61. The molecule has 4 rings (SSSR count). The SMILES string of the molecule is Cc1ccc(N(C)c2n[s+]([O-])nc2NCCCOc2cccc(CN3CCCCC3)c2)cn1. The molecule has 8 nitrogen and oxygen atoms in total. The second-order valence-electron chi connectivity index (χ2n) is 8.42. The predicted octanol–water partition coefficient (Wildman–Crippen LogP) is 4.54. The highest BCUT2D eigenvalue weighted by Crippen LogP contribution is 2.30. The zero-order valence-electron chi connectivity index (χ0n) is 19.4. The largest absolute Gasteiger partial charge is 0.546 e. The zero-order chi connectivity index (χ0) is 23.0. The van der Waals surface area contributed by atoms with Crippen LogP contribution in [0.3, 0.4) is 0 Å². The molecular formula is C24H32N6O2S. The number of piperidine rings is 1. The Labute approximate surface area is 198 Å². The number of ether oxygens (including phenoxy) is 1. The van der Waals surface area contributed by atoms with Gasteiger partial charge in [-0.05, 0) is 69.1 Å². The molecule has 33 heavy (non-hydrogen) atoms. The molecule has 3 heterocycles. The van der Waals surface area contributed by atoms with Crippen molar-refractivity contribution in [1.82, 2.24) is 18.6 Å². The Morgan fingerprint density at radius 1 is 1.15 bits per heavy atom. The molecule has 0 aliphatic carbocycles. The van der Waals surface area contributed by atoms with Gasteiger partial charge in [0.05, 0.1) is 18.5 Å². The number of nitrogens with one attached hydrogen (secondary N) is 1. The molecule has 9 heteroatoms. The summed E-state index contributed by atoms with van der Waals surface area (Å²) in [5.41, 5.74) is 3.10. The molecule has 176 valence electrons. The van der Waals surface area contributed by atoms with E-state index in [1.165, 1.54) is 37.9 Å². The van der Waals surface area contributed by atoms with Gasteiger partial charge in [-0.25, -0.2) is 0 Å². The molecule has 1 aromatic carbocycles. The van der Waals surface area contributed by atoms with Crippen LogP contribution in [-0.4, -0.2) is 56.5 Å². The van der Waals surface area contributed by atoms with Gasteiger partial charge in [-0.3, -0.25) is 9.88 Å². The van der Waals surface area contributed by atoms with Gasteiger partial charge in [0.1, 0.15) is 5.75 Å². The molecule has 3 aromatic rings. The van der Waals surface area contributed by atoms with Crippen LogP contribution >= 0.6 is 11.1 Å². The first-order valence-corrected chi connectivity index (χ1v) is 12.6. The standard InChI is InChI=1S/C24H32N6O2S/c1-19-10-11-21(17-26-19)29(2)24-23(27-33(31)28-24)25-12-7-15-32-22-9-6-8-20(16-22)18-30-13-4-3-5-14-30/h6,8-11,16-17H,3-5,7,12-15,18H2,1-2H3,(H,25,27). The van der Waals surface area contributed by atoms with Crippen LogP contribution in [0.2, 0.25) is 0 Å². The molecule has 0 radical (unpaired) electrons. The Morgan fingerprint density at radius 2 is 2.00 bits per heavy atom. The fourth-order valence-electron chi connectivity index (χ4n) is 3.95. The highest BCUT2D eigenvalue weighted by Gasteiger charge is 2.20. The van der Waals surface area contributed by atoms with E-state index in [2.05, 4.69) is 42.1 Å². The van der Waals surface area contributed by atoms with Crippen molar-refractivity contribution < 1.29 is 9.29 Å². The summed E-state index contributed by atoms with van der Waals surface area (Å²) in [5.74, 6) is 1.97. The molecule has 0 saturated carbocycles. The molecule has 1 atom stereocenters. The highest BCUT2D eigenvalue weighted by molar-refractivity contribution is 7.14. The maximum Gasteiger partial charge on any atom is 0.239 e. The lowest BCUT2D eigenvalue weighted by molar-refractivity contribution is 0.220. The Bertz CT molecular complexity index is 1020. The highest BCUT2D eigenvalue weighted by atomic mass is 32.2. The molecular weight excluding hydrogens is 436 g/mol. The molecule has 0 bridgehead atoms. The average molecular weight is 469 g/mol. The monoisotopic (exact) mass is 468 g/mol. The lowest BCUT2D eigenvalue weighted by atomic mass is 10.1. The Balaban J connectivity index is 1.25. The minimum Gasteiger partial charge on any atom is -0.546 e. The normalized spacial score (nSPS) is 14.8. The smallest absolute Gasteiger partial charge is 0.239 e. The molecule has 0 spiro atoms. The van der Waals surface area contributed by atoms with E-state index in [9.17, 15) is 4.55 Å². The Morgan fingerprint density at radius 3 is 2.79 bits per heavy atom. The van der Waals surface area contributed by atoms with Crippen LogP contribution in [0.15, 0.2) is 42.6 Å². The first kappa shape index (κ1) is 23.4. The minimum absolute atomic E-state index is 0.528. The first-order valence-electron chi connectivity index (χ1n) is 11.5. The van der Waals surface area contributed by atoms with Crippen molar-refractivity contribution in [2.75, 3.05) is 43.5 Å². The van der Waals surface area contributed by atoms with Crippen LogP contribution in [0.4, 0.5) is 17.3 Å². The van der Waals surface area contributed by atoms with Crippen molar-refractivity contribution in [3.63, 3.8) is 0 Å². The Hall–Kier alpha value is -2.75. The molecule has 1 aliphatic heterocycles. The van der Waals surface area contributed by atoms with Gasteiger partial charge in [0.25, 0.3) is 0 Å². The summed E-state index contributed by atoms with van der Waals surface area (Å²) in [7, 11) is 1.87. The number of nitrogens with zero attached hydrogens (tertiary/aromatic N) is 5.